The van der Waals surface area contributed by atoms with Crippen LogP contribution in [0.5, 0.6) is 0 Å². The van der Waals surface area contributed by atoms with Gasteiger partial charge in [0.1, 0.15) is 0 Å². The molecular formula is C18H27BNO. The average molecular weight is 284 g/mol. The first kappa shape index (κ1) is 17.8. The summed E-state index contributed by atoms with van der Waals surface area (Å²) in [5.74, 6) is 0.984. The average Bonchev–Trinajstić information content (AvgIpc) is 2.53. The van der Waals surface area contributed by atoms with Crippen LogP contribution in [0.25, 0.3) is 0 Å². The van der Waals surface area contributed by atoms with Gasteiger partial charge in [0.25, 0.3) is 0 Å². The molecule has 1 amide bonds. The second-order valence-electron chi connectivity index (χ2n) is 5.99. The number of carbonyl (C=O) groups is 1. The predicted octanol–water partition coefficient (Wildman–Crippen LogP) is 4.19. The minimum absolute atomic E-state index is 0. The molecule has 1 unspecified atom stereocenters. The Morgan fingerprint density at radius 1 is 1.19 bits per heavy atom. The molecule has 3 heteroatoms. The summed E-state index contributed by atoms with van der Waals surface area (Å²) in [7, 11) is 0. The molecule has 0 spiro atoms. The van der Waals surface area contributed by atoms with Crippen molar-refractivity contribution in [1.29, 1.82) is 0 Å². The molecule has 0 bridgehead atoms. The predicted molar refractivity (Wildman–Crippen MR) is 89.2 cm³/mol. The fourth-order valence-corrected chi connectivity index (χ4v) is 3.24. The quantitative estimate of drug-likeness (QED) is 0.742. The summed E-state index contributed by atoms with van der Waals surface area (Å²) in [6, 6.07) is 10.6. The van der Waals surface area contributed by atoms with E-state index in [1.807, 2.05) is 13.0 Å². The molecule has 1 fully saturated rings. The van der Waals surface area contributed by atoms with Crippen molar-refractivity contribution in [2.24, 2.45) is 5.92 Å². The van der Waals surface area contributed by atoms with Gasteiger partial charge in [-0.2, -0.15) is 0 Å². The lowest BCUT2D eigenvalue weighted by atomic mass is 9.88. The maximum absolute atomic E-state index is 12.3. The van der Waals surface area contributed by atoms with Crippen molar-refractivity contribution in [3.8, 4) is 0 Å². The number of amides is 1. The summed E-state index contributed by atoms with van der Waals surface area (Å²) in [6.45, 7) is 5.06. The van der Waals surface area contributed by atoms with Crippen LogP contribution in [-0.4, -0.2) is 25.8 Å². The maximum Gasteiger partial charge on any atom is 0.222 e. The molecule has 1 aromatic rings. The molecule has 2 rings (SSSR count). The Morgan fingerprint density at radius 2 is 1.81 bits per heavy atom. The van der Waals surface area contributed by atoms with Gasteiger partial charge in [-0.25, -0.2) is 0 Å². The van der Waals surface area contributed by atoms with Gasteiger partial charge in [-0.05, 0) is 31.2 Å². The Balaban J connectivity index is 0.00000220. The van der Waals surface area contributed by atoms with Gasteiger partial charge >= 0.3 is 0 Å². The van der Waals surface area contributed by atoms with Gasteiger partial charge in [-0.3, -0.25) is 4.79 Å². The molecule has 1 aliphatic rings. The van der Waals surface area contributed by atoms with E-state index in [0.29, 0.717) is 12.3 Å². The molecule has 1 saturated carbocycles. The lowest BCUT2D eigenvalue weighted by molar-refractivity contribution is -0.134. The SMILES string of the molecule is CCC(=O)N(CC1CCCCC1)C(C)c1ccccc1.[B]. The first-order valence-electron chi connectivity index (χ1n) is 8.06. The van der Waals surface area contributed by atoms with Gasteiger partial charge in [0.05, 0.1) is 6.04 Å². The van der Waals surface area contributed by atoms with Crippen LogP contribution in [-0.2, 0) is 4.79 Å². The second kappa shape index (κ2) is 8.91. The molecule has 2 nitrogen and oxygen atoms in total. The maximum atomic E-state index is 12.3. The highest BCUT2D eigenvalue weighted by Crippen LogP contribution is 2.28. The number of carbonyl (C=O) groups excluding carboxylic acids is 1. The zero-order chi connectivity index (χ0) is 14.4. The minimum atomic E-state index is 0. The Labute approximate surface area is 131 Å². The van der Waals surface area contributed by atoms with E-state index in [1.54, 1.807) is 0 Å². The number of rotatable bonds is 5. The smallest absolute Gasteiger partial charge is 0.222 e. The zero-order valence-corrected chi connectivity index (χ0v) is 13.4. The highest BCUT2D eigenvalue weighted by molar-refractivity contribution is 5.76. The molecular weight excluding hydrogens is 257 g/mol. The number of hydrogen-bond acceptors (Lipinski definition) is 1. The van der Waals surface area contributed by atoms with Crippen molar-refractivity contribution >= 4 is 14.3 Å². The fraction of sp³-hybridized carbons (Fsp3) is 0.611. The standard InChI is InChI=1S/C18H27NO.B/c1-3-18(20)19(14-16-10-6-4-7-11-16)15(2)17-12-8-5-9-13-17;/h5,8-9,12-13,15-16H,3-4,6-7,10-11,14H2,1-2H3;. The molecule has 3 radical (unpaired) electrons. The summed E-state index contributed by atoms with van der Waals surface area (Å²) >= 11 is 0. The van der Waals surface area contributed by atoms with E-state index in [4.69, 9.17) is 0 Å². The molecule has 0 aromatic heterocycles. The topological polar surface area (TPSA) is 20.3 Å². The van der Waals surface area contributed by atoms with E-state index in [2.05, 4.69) is 36.1 Å². The van der Waals surface area contributed by atoms with Crippen LogP contribution in [0.2, 0.25) is 0 Å². The van der Waals surface area contributed by atoms with Crippen molar-refractivity contribution in [3.63, 3.8) is 0 Å². The van der Waals surface area contributed by atoms with Crippen molar-refractivity contribution < 1.29 is 4.79 Å². The van der Waals surface area contributed by atoms with Crippen LogP contribution in [0.4, 0.5) is 0 Å². The van der Waals surface area contributed by atoms with Crippen LogP contribution in [0, 0.1) is 5.92 Å². The molecule has 0 saturated heterocycles. The Bertz CT molecular complexity index is 414. The molecule has 0 N–H and O–H groups in total. The van der Waals surface area contributed by atoms with Gasteiger partial charge < -0.3 is 4.90 Å². The van der Waals surface area contributed by atoms with E-state index in [1.165, 1.54) is 37.7 Å². The summed E-state index contributed by atoms with van der Waals surface area (Å²) < 4.78 is 0. The van der Waals surface area contributed by atoms with E-state index in [-0.39, 0.29) is 20.4 Å². The van der Waals surface area contributed by atoms with Crippen molar-refractivity contribution in [2.75, 3.05) is 6.54 Å². The largest absolute Gasteiger partial charge is 0.336 e. The van der Waals surface area contributed by atoms with Gasteiger partial charge in [0, 0.05) is 21.4 Å². The third-order valence-corrected chi connectivity index (χ3v) is 4.55. The van der Waals surface area contributed by atoms with Gasteiger partial charge in [0.2, 0.25) is 5.91 Å². The van der Waals surface area contributed by atoms with Crippen LogP contribution in [0.1, 0.15) is 64.0 Å². The summed E-state index contributed by atoms with van der Waals surface area (Å²) in [4.78, 5) is 14.4. The van der Waals surface area contributed by atoms with E-state index < -0.39 is 0 Å². The lowest BCUT2D eigenvalue weighted by Gasteiger charge is -2.34. The van der Waals surface area contributed by atoms with Crippen molar-refractivity contribution in [1.82, 2.24) is 4.90 Å². The van der Waals surface area contributed by atoms with Crippen molar-refractivity contribution in [3.05, 3.63) is 35.9 Å². The highest BCUT2D eigenvalue weighted by Gasteiger charge is 2.24. The fourth-order valence-electron chi connectivity index (χ4n) is 3.24. The van der Waals surface area contributed by atoms with Crippen LogP contribution < -0.4 is 0 Å². The van der Waals surface area contributed by atoms with Gasteiger partial charge in [0.15, 0.2) is 0 Å². The minimum Gasteiger partial charge on any atom is -0.336 e. The second-order valence-corrected chi connectivity index (χ2v) is 5.99. The number of hydrogen-bond donors (Lipinski definition) is 0. The van der Waals surface area contributed by atoms with Crippen LogP contribution in [0.3, 0.4) is 0 Å². The number of nitrogens with zero attached hydrogens (tertiary/aromatic N) is 1. The molecule has 0 heterocycles. The van der Waals surface area contributed by atoms with E-state index in [0.717, 1.165) is 6.54 Å². The van der Waals surface area contributed by atoms with E-state index >= 15 is 0 Å². The Kier molecular flexibility index (Phi) is 7.56. The molecule has 1 atom stereocenters. The highest BCUT2D eigenvalue weighted by atomic mass is 16.2. The molecule has 1 aliphatic carbocycles. The normalized spacial score (nSPS) is 16.9. The Hall–Kier alpha value is -1.25. The van der Waals surface area contributed by atoms with Crippen LogP contribution >= 0.6 is 0 Å². The molecule has 21 heavy (non-hydrogen) atoms. The van der Waals surface area contributed by atoms with Crippen LogP contribution in [0.15, 0.2) is 30.3 Å². The Morgan fingerprint density at radius 3 is 2.38 bits per heavy atom. The molecule has 113 valence electrons. The molecule has 1 aromatic carbocycles. The lowest BCUT2D eigenvalue weighted by Crippen LogP contribution is -2.37. The monoisotopic (exact) mass is 284 g/mol. The van der Waals surface area contributed by atoms with Crippen molar-refractivity contribution in [2.45, 2.75) is 58.4 Å². The van der Waals surface area contributed by atoms with E-state index in [9.17, 15) is 4.79 Å². The van der Waals surface area contributed by atoms with Gasteiger partial charge in [-0.1, -0.05) is 56.5 Å². The zero-order valence-electron chi connectivity index (χ0n) is 13.4. The first-order chi connectivity index (χ1) is 9.72. The first-order valence-corrected chi connectivity index (χ1v) is 8.06. The summed E-state index contributed by atoms with van der Waals surface area (Å²) in [5, 5.41) is 0. The third-order valence-electron chi connectivity index (χ3n) is 4.55. The summed E-state index contributed by atoms with van der Waals surface area (Å²) in [5.41, 5.74) is 1.24. The molecule has 0 aliphatic heterocycles. The third kappa shape index (κ3) is 4.91. The van der Waals surface area contributed by atoms with Gasteiger partial charge in [-0.15, -0.1) is 0 Å². The number of benzene rings is 1. The summed E-state index contributed by atoms with van der Waals surface area (Å²) in [6.07, 6.45) is 7.21.